The highest BCUT2D eigenvalue weighted by molar-refractivity contribution is 5.71. The van der Waals surface area contributed by atoms with E-state index in [0.29, 0.717) is 17.9 Å². The van der Waals surface area contributed by atoms with Crippen molar-refractivity contribution in [1.29, 1.82) is 0 Å². The van der Waals surface area contributed by atoms with Gasteiger partial charge < -0.3 is 14.9 Å². The lowest BCUT2D eigenvalue weighted by atomic mass is 10.1. The van der Waals surface area contributed by atoms with Crippen molar-refractivity contribution in [3.8, 4) is 11.5 Å². The SMILES string of the molecule is CCCCOc1ccc(CC(=O)O)c(O)c1. The first kappa shape index (κ1) is 12.4. The van der Waals surface area contributed by atoms with Gasteiger partial charge in [0.25, 0.3) is 0 Å². The molecule has 1 aromatic carbocycles. The lowest BCUT2D eigenvalue weighted by Crippen LogP contribution is -2.01. The van der Waals surface area contributed by atoms with Crippen molar-refractivity contribution in [3.63, 3.8) is 0 Å². The van der Waals surface area contributed by atoms with Crippen LogP contribution in [0.3, 0.4) is 0 Å². The Kier molecular flexibility index (Phi) is 4.64. The summed E-state index contributed by atoms with van der Waals surface area (Å²) in [6, 6.07) is 4.70. The Morgan fingerprint density at radius 3 is 2.75 bits per heavy atom. The van der Waals surface area contributed by atoms with Crippen molar-refractivity contribution >= 4 is 5.97 Å². The molecule has 0 atom stereocenters. The number of carboxylic acids is 1. The maximum absolute atomic E-state index is 10.5. The monoisotopic (exact) mass is 224 g/mol. The van der Waals surface area contributed by atoms with Crippen LogP contribution in [0.5, 0.6) is 11.5 Å². The average Bonchev–Trinajstić information content (AvgIpc) is 2.22. The first-order chi connectivity index (χ1) is 7.63. The predicted octanol–water partition coefficient (Wildman–Crippen LogP) is 2.20. The van der Waals surface area contributed by atoms with Gasteiger partial charge in [-0.25, -0.2) is 0 Å². The Morgan fingerprint density at radius 2 is 2.19 bits per heavy atom. The highest BCUT2D eigenvalue weighted by Gasteiger charge is 2.07. The zero-order chi connectivity index (χ0) is 12.0. The van der Waals surface area contributed by atoms with Crippen LogP contribution < -0.4 is 4.74 Å². The van der Waals surface area contributed by atoms with Gasteiger partial charge in [0.05, 0.1) is 13.0 Å². The summed E-state index contributed by atoms with van der Waals surface area (Å²) in [5.74, 6) is -0.425. The van der Waals surface area contributed by atoms with E-state index in [4.69, 9.17) is 9.84 Å². The van der Waals surface area contributed by atoms with Gasteiger partial charge in [-0.2, -0.15) is 0 Å². The fourth-order valence-corrected chi connectivity index (χ4v) is 1.28. The van der Waals surface area contributed by atoms with Crippen LogP contribution in [0.4, 0.5) is 0 Å². The molecular weight excluding hydrogens is 208 g/mol. The number of phenolic OH excluding ortho intramolecular Hbond substituents is 1. The molecule has 0 radical (unpaired) electrons. The minimum absolute atomic E-state index is 0.0311. The van der Waals surface area contributed by atoms with Crippen LogP contribution in [0.25, 0.3) is 0 Å². The molecule has 16 heavy (non-hydrogen) atoms. The molecule has 2 N–H and O–H groups in total. The molecule has 0 aliphatic heterocycles. The summed E-state index contributed by atoms with van der Waals surface area (Å²) in [5.41, 5.74) is 0.398. The molecule has 1 aromatic rings. The van der Waals surface area contributed by atoms with E-state index >= 15 is 0 Å². The number of ether oxygens (including phenoxy) is 1. The minimum Gasteiger partial charge on any atom is -0.508 e. The van der Waals surface area contributed by atoms with Crippen molar-refractivity contribution in [2.24, 2.45) is 0 Å². The van der Waals surface area contributed by atoms with E-state index in [2.05, 4.69) is 6.92 Å². The normalized spacial score (nSPS) is 10.1. The minimum atomic E-state index is -0.963. The number of hydrogen-bond donors (Lipinski definition) is 2. The van der Waals surface area contributed by atoms with Gasteiger partial charge in [-0.1, -0.05) is 19.4 Å². The van der Waals surface area contributed by atoms with Crippen LogP contribution in [0.2, 0.25) is 0 Å². The first-order valence-corrected chi connectivity index (χ1v) is 5.30. The molecule has 0 unspecified atom stereocenters. The highest BCUT2D eigenvalue weighted by atomic mass is 16.5. The smallest absolute Gasteiger partial charge is 0.307 e. The first-order valence-electron chi connectivity index (χ1n) is 5.30. The molecule has 4 heteroatoms. The second kappa shape index (κ2) is 6.00. The van der Waals surface area contributed by atoms with Crippen molar-refractivity contribution in [2.75, 3.05) is 6.61 Å². The summed E-state index contributed by atoms with van der Waals surface area (Å²) < 4.78 is 5.38. The van der Waals surface area contributed by atoms with Gasteiger partial charge in [0, 0.05) is 11.6 Å². The molecular formula is C12H16O4. The quantitative estimate of drug-likeness (QED) is 0.727. The molecule has 0 saturated carbocycles. The molecule has 88 valence electrons. The van der Waals surface area contributed by atoms with Crippen LogP contribution in [0.1, 0.15) is 25.3 Å². The number of aliphatic carboxylic acids is 1. The van der Waals surface area contributed by atoms with Gasteiger partial charge in [-0.15, -0.1) is 0 Å². The van der Waals surface area contributed by atoms with E-state index in [0.717, 1.165) is 12.8 Å². The van der Waals surface area contributed by atoms with Crippen LogP contribution in [-0.2, 0) is 11.2 Å². The number of phenols is 1. The van der Waals surface area contributed by atoms with Gasteiger partial charge in [0.2, 0.25) is 0 Å². The highest BCUT2D eigenvalue weighted by Crippen LogP contribution is 2.24. The number of rotatable bonds is 6. The molecule has 0 saturated heterocycles. The molecule has 1 rings (SSSR count). The molecule has 4 nitrogen and oxygen atoms in total. The van der Waals surface area contributed by atoms with Crippen LogP contribution in [-0.4, -0.2) is 22.8 Å². The van der Waals surface area contributed by atoms with Gasteiger partial charge in [-0.3, -0.25) is 4.79 Å². The molecule has 0 aliphatic rings. The third kappa shape index (κ3) is 3.81. The Hall–Kier alpha value is -1.71. The van der Waals surface area contributed by atoms with Crippen molar-refractivity contribution in [3.05, 3.63) is 23.8 Å². The fraction of sp³-hybridized carbons (Fsp3) is 0.417. The second-order valence-electron chi connectivity index (χ2n) is 3.56. The molecule has 0 amide bonds. The molecule has 0 aromatic heterocycles. The zero-order valence-corrected chi connectivity index (χ0v) is 9.27. The summed E-state index contributed by atoms with van der Waals surface area (Å²) in [6.07, 6.45) is 1.82. The van der Waals surface area contributed by atoms with E-state index in [1.54, 1.807) is 12.1 Å². The summed E-state index contributed by atoms with van der Waals surface area (Å²) in [7, 11) is 0. The summed E-state index contributed by atoms with van der Waals surface area (Å²) in [4.78, 5) is 10.5. The van der Waals surface area contributed by atoms with Gasteiger partial charge in [0.15, 0.2) is 0 Å². The summed E-state index contributed by atoms with van der Waals surface area (Å²) in [5, 5.41) is 18.1. The molecule has 0 heterocycles. The van der Waals surface area contributed by atoms with E-state index in [1.807, 2.05) is 0 Å². The van der Waals surface area contributed by atoms with Crippen LogP contribution >= 0.6 is 0 Å². The topological polar surface area (TPSA) is 66.8 Å². The number of unbranched alkanes of at least 4 members (excludes halogenated alkanes) is 1. The molecule has 0 bridgehead atoms. The van der Waals surface area contributed by atoms with E-state index in [9.17, 15) is 9.90 Å². The largest absolute Gasteiger partial charge is 0.508 e. The van der Waals surface area contributed by atoms with E-state index in [1.165, 1.54) is 6.07 Å². The van der Waals surface area contributed by atoms with Crippen LogP contribution in [0, 0.1) is 0 Å². The molecule has 0 spiro atoms. The predicted molar refractivity (Wildman–Crippen MR) is 59.8 cm³/mol. The Balaban J connectivity index is 2.63. The summed E-state index contributed by atoms with van der Waals surface area (Å²) in [6.45, 7) is 2.67. The van der Waals surface area contributed by atoms with Crippen molar-refractivity contribution < 1.29 is 19.7 Å². The number of hydrogen-bond acceptors (Lipinski definition) is 3. The fourth-order valence-electron chi connectivity index (χ4n) is 1.28. The van der Waals surface area contributed by atoms with Gasteiger partial charge >= 0.3 is 5.97 Å². The molecule has 0 fully saturated rings. The third-order valence-electron chi connectivity index (χ3n) is 2.17. The van der Waals surface area contributed by atoms with Gasteiger partial charge in [0.1, 0.15) is 11.5 Å². The van der Waals surface area contributed by atoms with Crippen molar-refractivity contribution in [2.45, 2.75) is 26.2 Å². The Labute approximate surface area is 94.5 Å². The van der Waals surface area contributed by atoms with Gasteiger partial charge in [-0.05, 0) is 12.5 Å². The van der Waals surface area contributed by atoms with Crippen molar-refractivity contribution in [1.82, 2.24) is 0 Å². The standard InChI is InChI=1S/C12H16O4/c1-2-3-6-16-10-5-4-9(7-12(14)15)11(13)8-10/h4-5,8,13H,2-3,6-7H2,1H3,(H,14,15). The number of aromatic hydroxyl groups is 1. The lowest BCUT2D eigenvalue weighted by molar-refractivity contribution is -0.136. The number of carboxylic acid groups (broad SMARTS) is 1. The number of benzene rings is 1. The average molecular weight is 224 g/mol. The maximum atomic E-state index is 10.5. The number of carbonyl (C=O) groups is 1. The zero-order valence-electron chi connectivity index (χ0n) is 9.27. The maximum Gasteiger partial charge on any atom is 0.307 e. The third-order valence-corrected chi connectivity index (χ3v) is 2.17. The van der Waals surface area contributed by atoms with Crippen LogP contribution in [0.15, 0.2) is 18.2 Å². The van der Waals surface area contributed by atoms with E-state index < -0.39 is 5.97 Å². The second-order valence-corrected chi connectivity index (χ2v) is 3.56. The Morgan fingerprint density at radius 1 is 1.44 bits per heavy atom. The Bertz CT molecular complexity index is 360. The summed E-state index contributed by atoms with van der Waals surface area (Å²) >= 11 is 0. The van der Waals surface area contributed by atoms with E-state index in [-0.39, 0.29) is 12.2 Å². The lowest BCUT2D eigenvalue weighted by Gasteiger charge is -2.07. The molecule has 0 aliphatic carbocycles.